The van der Waals surface area contributed by atoms with Gasteiger partial charge in [0.15, 0.2) is 0 Å². The van der Waals surface area contributed by atoms with Crippen LogP contribution in [-0.2, 0) is 0 Å². The summed E-state index contributed by atoms with van der Waals surface area (Å²) in [5.41, 5.74) is 4.56. The predicted molar refractivity (Wildman–Crippen MR) is 140 cm³/mol. The van der Waals surface area contributed by atoms with Crippen molar-refractivity contribution >= 4 is 34.9 Å². The van der Waals surface area contributed by atoms with Crippen LogP contribution in [0.5, 0.6) is 0 Å². The van der Waals surface area contributed by atoms with Crippen LogP contribution in [0.25, 0.3) is 11.1 Å². The van der Waals surface area contributed by atoms with Crippen molar-refractivity contribution in [3.8, 4) is 11.1 Å². The highest BCUT2D eigenvalue weighted by Gasteiger charge is 2.16. The Balaban J connectivity index is 1.49. The summed E-state index contributed by atoms with van der Waals surface area (Å²) in [5, 5.41) is 8.72. The van der Waals surface area contributed by atoms with Crippen LogP contribution in [0.15, 0.2) is 85.2 Å². The number of benzene rings is 3. The standard InChI is InChI=1S/C27H26N6O2/c1-18-12-13-21(15-23(18)32-27(35)33(3)25-16-24(28-2)29-17-30-25)26(34)31-22-11-7-10-20(14-22)19-8-5-4-6-9-19/h4-17H,1-3H3,(H,31,34)(H,32,35)(H,28,29,30). The van der Waals surface area contributed by atoms with E-state index in [1.165, 1.54) is 11.2 Å². The molecular weight excluding hydrogens is 440 g/mol. The largest absolute Gasteiger partial charge is 0.373 e. The highest BCUT2D eigenvalue weighted by Crippen LogP contribution is 2.24. The maximum atomic E-state index is 13.0. The van der Waals surface area contributed by atoms with E-state index >= 15 is 0 Å². The summed E-state index contributed by atoms with van der Waals surface area (Å²) < 4.78 is 0. The van der Waals surface area contributed by atoms with E-state index in [9.17, 15) is 9.59 Å². The number of aryl methyl sites for hydroxylation is 1. The number of rotatable bonds is 6. The minimum atomic E-state index is -0.387. The van der Waals surface area contributed by atoms with Gasteiger partial charge in [0, 0.05) is 37.1 Å². The number of hydrogen-bond acceptors (Lipinski definition) is 5. The van der Waals surface area contributed by atoms with Crippen LogP contribution < -0.4 is 20.9 Å². The molecule has 0 aliphatic rings. The smallest absolute Gasteiger partial charge is 0.327 e. The number of carbonyl (C=O) groups excluding carboxylic acids is 2. The molecule has 0 unspecified atom stereocenters. The lowest BCUT2D eigenvalue weighted by atomic mass is 10.0. The quantitative estimate of drug-likeness (QED) is 0.353. The molecule has 3 amide bonds. The lowest BCUT2D eigenvalue weighted by Crippen LogP contribution is -2.32. The van der Waals surface area contributed by atoms with Gasteiger partial charge in [0.2, 0.25) is 0 Å². The van der Waals surface area contributed by atoms with E-state index < -0.39 is 0 Å². The molecule has 1 aromatic heterocycles. The molecule has 4 aromatic rings. The van der Waals surface area contributed by atoms with E-state index in [4.69, 9.17) is 0 Å². The average Bonchev–Trinajstić information content (AvgIpc) is 2.90. The van der Waals surface area contributed by atoms with Gasteiger partial charge in [0.05, 0.1) is 0 Å². The third kappa shape index (κ3) is 5.62. The Kier molecular flexibility index (Phi) is 7.02. The minimum Gasteiger partial charge on any atom is -0.373 e. The van der Waals surface area contributed by atoms with Crippen molar-refractivity contribution in [1.29, 1.82) is 0 Å². The van der Waals surface area contributed by atoms with E-state index in [2.05, 4.69) is 25.9 Å². The van der Waals surface area contributed by atoms with Crippen LogP contribution in [0.1, 0.15) is 15.9 Å². The minimum absolute atomic E-state index is 0.270. The Bertz CT molecular complexity index is 1360. The molecular formula is C27H26N6O2. The number of amides is 3. The van der Waals surface area contributed by atoms with Crippen molar-refractivity contribution in [2.45, 2.75) is 6.92 Å². The van der Waals surface area contributed by atoms with Crippen LogP contribution >= 0.6 is 0 Å². The first-order valence-corrected chi connectivity index (χ1v) is 11.1. The summed E-state index contributed by atoms with van der Waals surface area (Å²) in [6.07, 6.45) is 1.38. The topological polar surface area (TPSA) is 99.2 Å². The molecule has 3 aromatic carbocycles. The van der Waals surface area contributed by atoms with Gasteiger partial charge in [-0.15, -0.1) is 0 Å². The van der Waals surface area contributed by atoms with Gasteiger partial charge in [-0.3, -0.25) is 9.69 Å². The Morgan fingerprint density at radius 2 is 1.60 bits per heavy atom. The predicted octanol–water partition coefficient (Wildman–Crippen LogP) is 5.41. The SMILES string of the molecule is CNc1cc(N(C)C(=O)Nc2cc(C(=O)Nc3cccc(-c4ccccc4)c3)ccc2C)ncn1. The van der Waals surface area contributed by atoms with Crippen LogP contribution in [0, 0.1) is 6.92 Å². The summed E-state index contributed by atoms with van der Waals surface area (Å²) in [4.78, 5) is 35.4. The zero-order valence-corrected chi connectivity index (χ0v) is 19.7. The molecule has 1 heterocycles. The van der Waals surface area contributed by atoms with Crippen molar-refractivity contribution < 1.29 is 9.59 Å². The fourth-order valence-corrected chi connectivity index (χ4v) is 3.48. The van der Waals surface area contributed by atoms with Gasteiger partial charge < -0.3 is 16.0 Å². The van der Waals surface area contributed by atoms with Crippen molar-refractivity contribution in [1.82, 2.24) is 9.97 Å². The zero-order valence-electron chi connectivity index (χ0n) is 19.7. The number of carbonyl (C=O) groups is 2. The number of urea groups is 1. The Labute approximate surface area is 204 Å². The molecule has 35 heavy (non-hydrogen) atoms. The van der Waals surface area contributed by atoms with Gasteiger partial charge in [-0.1, -0.05) is 48.5 Å². The van der Waals surface area contributed by atoms with E-state index in [0.717, 1.165) is 16.7 Å². The number of aromatic nitrogens is 2. The molecule has 0 radical (unpaired) electrons. The van der Waals surface area contributed by atoms with Crippen LogP contribution in [0.4, 0.5) is 27.8 Å². The molecule has 0 bridgehead atoms. The number of hydrogen-bond donors (Lipinski definition) is 3. The normalized spacial score (nSPS) is 10.4. The van der Waals surface area contributed by atoms with Crippen molar-refractivity contribution in [2.75, 3.05) is 34.9 Å². The zero-order chi connectivity index (χ0) is 24.8. The fourth-order valence-electron chi connectivity index (χ4n) is 3.48. The van der Waals surface area contributed by atoms with Crippen molar-refractivity contribution in [3.05, 3.63) is 96.3 Å². The molecule has 0 spiro atoms. The third-order valence-electron chi connectivity index (χ3n) is 5.53. The van der Waals surface area contributed by atoms with Gasteiger partial charge in [0.1, 0.15) is 18.0 Å². The van der Waals surface area contributed by atoms with Gasteiger partial charge >= 0.3 is 6.03 Å². The summed E-state index contributed by atoms with van der Waals surface area (Å²) in [5.74, 6) is 0.765. The molecule has 8 heteroatoms. The Hall–Kier alpha value is -4.72. The fraction of sp³-hybridized carbons (Fsp3) is 0.111. The second kappa shape index (κ2) is 10.5. The number of nitrogens with zero attached hydrogens (tertiary/aromatic N) is 3. The first-order chi connectivity index (χ1) is 16.9. The summed E-state index contributed by atoms with van der Waals surface area (Å²) in [7, 11) is 3.35. The molecule has 0 atom stereocenters. The molecule has 8 nitrogen and oxygen atoms in total. The van der Waals surface area contributed by atoms with Crippen LogP contribution in [0.3, 0.4) is 0 Å². The van der Waals surface area contributed by atoms with Gasteiger partial charge in [-0.2, -0.15) is 0 Å². The van der Waals surface area contributed by atoms with Gasteiger partial charge in [0.25, 0.3) is 5.91 Å². The van der Waals surface area contributed by atoms with Gasteiger partial charge in [-0.25, -0.2) is 14.8 Å². The van der Waals surface area contributed by atoms with Crippen LogP contribution in [-0.4, -0.2) is 36.0 Å². The summed E-state index contributed by atoms with van der Waals surface area (Å²) in [6.45, 7) is 1.87. The highest BCUT2D eigenvalue weighted by molar-refractivity contribution is 6.06. The average molecular weight is 467 g/mol. The molecule has 3 N–H and O–H groups in total. The molecule has 0 fully saturated rings. The monoisotopic (exact) mass is 466 g/mol. The molecule has 0 saturated carbocycles. The van der Waals surface area contributed by atoms with Crippen molar-refractivity contribution in [3.63, 3.8) is 0 Å². The number of anilines is 4. The first-order valence-electron chi connectivity index (χ1n) is 11.1. The second-order valence-electron chi connectivity index (χ2n) is 7.93. The lowest BCUT2D eigenvalue weighted by Gasteiger charge is -2.18. The third-order valence-corrected chi connectivity index (χ3v) is 5.53. The van der Waals surface area contributed by atoms with E-state index in [0.29, 0.717) is 28.6 Å². The summed E-state index contributed by atoms with van der Waals surface area (Å²) >= 11 is 0. The number of nitrogens with one attached hydrogen (secondary N) is 3. The Morgan fingerprint density at radius 3 is 2.37 bits per heavy atom. The van der Waals surface area contributed by atoms with E-state index in [1.54, 1.807) is 38.4 Å². The van der Waals surface area contributed by atoms with E-state index in [1.807, 2.05) is 61.5 Å². The van der Waals surface area contributed by atoms with Gasteiger partial charge in [-0.05, 0) is 47.9 Å². The Morgan fingerprint density at radius 1 is 0.829 bits per heavy atom. The van der Waals surface area contributed by atoms with E-state index in [-0.39, 0.29) is 11.9 Å². The maximum Gasteiger partial charge on any atom is 0.327 e. The maximum absolute atomic E-state index is 13.0. The van der Waals surface area contributed by atoms with Crippen LogP contribution in [0.2, 0.25) is 0 Å². The molecule has 0 saturated heterocycles. The summed E-state index contributed by atoms with van der Waals surface area (Å²) in [6, 6.07) is 24.1. The highest BCUT2D eigenvalue weighted by atomic mass is 16.2. The molecule has 176 valence electrons. The molecule has 4 rings (SSSR count). The van der Waals surface area contributed by atoms with Crippen molar-refractivity contribution in [2.24, 2.45) is 0 Å². The second-order valence-corrected chi connectivity index (χ2v) is 7.93. The first kappa shape index (κ1) is 23.4. The lowest BCUT2D eigenvalue weighted by molar-refractivity contribution is 0.102. The molecule has 0 aliphatic heterocycles. The molecule has 0 aliphatic carbocycles.